The van der Waals surface area contributed by atoms with Crippen LogP contribution in [0.25, 0.3) is 6.08 Å². The van der Waals surface area contributed by atoms with Crippen molar-refractivity contribution in [3.8, 4) is 5.75 Å². The predicted molar refractivity (Wildman–Crippen MR) is 65.9 cm³/mol. The lowest BCUT2D eigenvalue weighted by Gasteiger charge is -2.14. The van der Waals surface area contributed by atoms with E-state index < -0.39 is 0 Å². The van der Waals surface area contributed by atoms with Crippen molar-refractivity contribution in [1.82, 2.24) is 0 Å². The van der Waals surface area contributed by atoms with Gasteiger partial charge in [-0.05, 0) is 35.6 Å². The van der Waals surface area contributed by atoms with Crippen LogP contribution in [0.3, 0.4) is 0 Å². The van der Waals surface area contributed by atoms with E-state index in [9.17, 15) is 0 Å². The summed E-state index contributed by atoms with van der Waals surface area (Å²) in [7, 11) is 0.754. The first kappa shape index (κ1) is 11.1. The van der Waals surface area contributed by atoms with Gasteiger partial charge in [0.05, 0.1) is 0 Å². The normalized spacial score (nSPS) is 10.1. The second-order valence-electron chi connectivity index (χ2n) is 3.23. The van der Waals surface area contributed by atoms with E-state index >= 15 is 0 Å². The Kier molecular flexibility index (Phi) is 3.95. The topological polar surface area (TPSA) is 9.23 Å². The molecule has 0 spiro atoms. The second kappa shape index (κ2) is 5.01. The van der Waals surface area contributed by atoms with Crippen molar-refractivity contribution in [2.24, 2.45) is 0 Å². The summed E-state index contributed by atoms with van der Waals surface area (Å²) in [6.45, 7) is 8.19. The van der Waals surface area contributed by atoms with E-state index in [1.807, 2.05) is 6.08 Å². The van der Waals surface area contributed by atoms with Gasteiger partial charge in [-0.3, -0.25) is 0 Å². The molecule has 0 N–H and O–H groups in total. The van der Waals surface area contributed by atoms with E-state index in [-0.39, 0.29) is 0 Å². The van der Waals surface area contributed by atoms with E-state index in [4.69, 9.17) is 4.43 Å². The van der Waals surface area contributed by atoms with Gasteiger partial charge in [-0.2, -0.15) is 0 Å². The molecule has 1 aromatic rings. The summed E-state index contributed by atoms with van der Waals surface area (Å²) in [5.41, 5.74) is 3.97. The second-order valence-corrected chi connectivity index (χ2v) is 3.63. The molecular formula is C12H18OSi. The lowest BCUT2D eigenvalue weighted by molar-refractivity contribution is 0.604. The Morgan fingerprint density at radius 3 is 2.36 bits per heavy atom. The Hall–Kier alpha value is -1.02. The standard InChI is InChI=1S/C12H18OSi/c1-4-9-7-8-12(13-14)11(6-3)10(9)5-2/h4,7-8H,1,5-6H2,2-3,14H3. The lowest BCUT2D eigenvalue weighted by Crippen LogP contribution is -1.99. The molecule has 0 unspecified atom stereocenters. The molecule has 0 radical (unpaired) electrons. The molecule has 0 aromatic heterocycles. The van der Waals surface area contributed by atoms with Crippen LogP contribution in [0.15, 0.2) is 18.7 Å². The molecule has 0 aliphatic heterocycles. The summed E-state index contributed by atoms with van der Waals surface area (Å²) in [6.07, 6.45) is 4.00. The van der Waals surface area contributed by atoms with Crippen LogP contribution in [0.5, 0.6) is 5.75 Å². The van der Waals surface area contributed by atoms with Crippen LogP contribution in [0.2, 0.25) is 0 Å². The molecular weight excluding hydrogens is 188 g/mol. The highest BCUT2D eigenvalue weighted by atomic mass is 28.2. The molecule has 1 nitrogen and oxygen atoms in total. The van der Waals surface area contributed by atoms with E-state index in [1.54, 1.807) is 0 Å². The molecule has 14 heavy (non-hydrogen) atoms. The SMILES string of the molecule is C=Cc1ccc(O[SiH3])c(CC)c1CC. The van der Waals surface area contributed by atoms with Gasteiger partial charge in [-0.25, -0.2) is 0 Å². The van der Waals surface area contributed by atoms with Crippen molar-refractivity contribution in [2.75, 3.05) is 0 Å². The molecule has 0 saturated heterocycles. The maximum Gasteiger partial charge on any atom is 0.204 e. The maximum atomic E-state index is 5.48. The number of rotatable bonds is 4. The fourth-order valence-corrected chi connectivity index (χ4v) is 2.26. The maximum absolute atomic E-state index is 5.48. The van der Waals surface area contributed by atoms with Crippen LogP contribution < -0.4 is 4.43 Å². The number of hydrogen-bond acceptors (Lipinski definition) is 1. The smallest absolute Gasteiger partial charge is 0.204 e. The fourth-order valence-electron chi connectivity index (χ4n) is 1.88. The third-order valence-corrected chi connectivity index (χ3v) is 3.01. The van der Waals surface area contributed by atoms with Gasteiger partial charge >= 0.3 is 0 Å². The molecule has 1 aromatic carbocycles. The number of hydrogen-bond donors (Lipinski definition) is 0. The van der Waals surface area contributed by atoms with Crippen molar-refractivity contribution in [3.63, 3.8) is 0 Å². The number of benzene rings is 1. The van der Waals surface area contributed by atoms with Crippen molar-refractivity contribution in [1.29, 1.82) is 0 Å². The summed E-state index contributed by atoms with van der Waals surface area (Å²) in [6, 6.07) is 4.15. The third kappa shape index (κ3) is 1.90. The molecule has 0 heterocycles. The van der Waals surface area contributed by atoms with Crippen LogP contribution >= 0.6 is 0 Å². The van der Waals surface area contributed by atoms with Crippen molar-refractivity contribution >= 4 is 16.6 Å². The van der Waals surface area contributed by atoms with Crippen LogP contribution in [-0.2, 0) is 12.8 Å². The Balaban J connectivity index is 3.35. The summed E-state index contributed by atoms with van der Waals surface area (Å²) in [4.78, 5) is 0. The highest BCUT2D eigenvalue weighted by Gasteiger charge is 2.08. The van der Waals surface area contributed by atoms with Crippen molar-refractivity contribution in [2.45, 2.75) is 26.7 Å². The molecule has 0 bridgehead atoms. The first-order valence-corrected chi connectivity index (χ1v) is 5.91. The van der Waals surface area contributed by atoms with Crippen molar-refractivity contribution in [3.05, 3.63) is 35.4 Å². The molecule has 0 atom stereocenters. The summed E-state index contributed by atoms with van der Waals surface area (Å²) in [5.74, 6) is 1.06. The first-order chi connectivity index (χ1) is 6.78. The minimum Gasteiger partial charge on any atom is -0.553 e. The molecule has 0 aliphatic carbocycles. The quantitative estimate of drug-likeness (QED) is 0.686. The van der Waals surface area contributed by atoms with Gasteiger partial charge in [0.15, 0.2) is 0 Å². The lowest BCUT2D eigenvalue weighted by atomic mass is 9.96. The Labute approximate surface area is 89.3 Å². The Morgan fingerprint density at radius 2 is 1.93 bits per heavy atom. The van der Waals surface area contributed by atoms with E-state index in [0.717, 1.165) is 29.1 Å². The van der Waals surface area contributed by atoms with Gasteiger partial charge in [0, 0.05) is 0 Å². The molecule has 0 amide bonds. The monoisotopic (exact) mass is 206 g/mol. The van der Waals surface area contributed by atoms with Crippen LogP contribution in [0.4, 0.5) is 0 Å². The first-order valence-electron chi connectivity index (χ1n) is 5.09. The van der Waals surface area contributed by atoms with Crippen molar-refractivity contribution < 1.29 is 4.43 Å². The minimum absolute atomic E-state index is 0.754. The summed E-state index contributed by atoms with van der Waals surface area (Å²) < 4.78 is 5.48. The van der Waals surface area contributed by atoms with Gasteiger partial charge in [-0.1, -0.05) is 32.6 Å². The zero-order valence-electron chi connectivity index (χ0n) is 9.26. The van der Waals surface area contributed by atoms with Gasteiger partial charge in [-0.15, -0.1) is 0 Å². The van der Waals surface area contributed by atoms with Gasteiger partial charge in [0.2, 0.25) is 10.5 Å². The van der Waals surface area contributed by atoms with E-state index in [2.05, 4.69) is 32.6 Å². The van der Waals surface area contributed by atoms with Crippen LogP contribution in [0, 0.1) is 0 Å². The average molecular weight is 206 g/mol. The highest BCUT2D eigenvalue weighted by molar-refractivity contribution is 6.00. The van der Waals surface area contributed by atoms with Gasteiger partial charge < -0.3 is 4.43 Å². The minimum atomic E-state index is 0.754. The third-order valence-electron chi connectivity index (χ3n) is 2.57. The Morgan fingerprint density at radius 1 is 1.29 bits per heavy atom. The molecule has 0 fully saturated rings. The molecule has 1 rings (SSSR count). The highest BCUT2D eigenvalue weighted by Crippen LogP contribution is 2.27. The zero-order chi connectivity index (χ0) is 10.6. The van der Waals surface area contributed by atoms with E-state index in [1.165, 1.54) is 16.7 Å². The molecule has 76 valence electrons. The predicted octanol–water partition coefficient (Wildman–Crippen LogP) is 2.11. The van der Waals surface area contributed by atoms with Crippen LogP contribution in [-0.4, -0.2) is 10.5 Å². The Bertz CT molecular complexity index is 331. The van der Waals surface area contributed by atoms with E-state index in [0.29, 0.717) is 0 Å². The molecule has 0 saturated carbocycles. The zero-order valence-corrected chi connectivity index (χ0v) is 11.3. The molecule has 2 heteroatoms. The average Bonchev–Trinajstić information content (AvgIpc) is 2.26. The largest absolute Gasteiger partial charge is 0.553 e. The fraction of sp³-hybridized carbons (Fsp3) is 0.333. The van der Waals surface area contributed by atoms with Gasteiger partial charge in [0.1, 0.15) is 5.75 Å². The summed E-state index contributed by atoms with van der Waals surface area (Å²) in [5, 5.41) is 0. The molecule has 0 aliphatic rings. The van der Waals surface area contributed by atoms with Gasteiger partial charge in [0.25, 0.3) is 0 Å². The van der Waals surface area contributed by atoms with Crippen LogP contribution in [0.1, 0.15) is 30.5 Å². The summed E-state index contributed by atoms with van der Waals surface area (Å²) >= 11 is 0.